The van der Waals surface area contributed by atoms with Gasteiger partial charge in [-0.05, 0) is 59.7 Å². The molecule has 40 heavy (non-hydrogen) atoms. The van der Waals surface area contributed by atoms with Crippen LogP contribution in [0, 0.1) is 0 Å². The first-order chi connectivity index (χ1) is 19.2. The zero-order chi connectivity index (χ0) is 28.6. The van der Waals surface area contributed by atoms with E-state index >= 15 is 0 Å². The number of likely N-dealkylation sites (N-methyl/N-ethyl adjacent to an activating group) is 1. The molecule has 0 saturated carbocycles. The van der Waals surface area contributed by atoms with Crippen molar-refractivity contribution in [3.05, 3.63) is 119 Å². The van der Waals surface area contributed by atoms with Gasteiger partial charge >= 0.3 is 0 Å². The van der Waals surface area contributed by atoms with Crippen LogP contribution in [0.2, 0.25) is 5.02 Å². The first-order valence-corrected chi connectivity index (χ1v) is 12.8. The Morgan fingerprint density at radius 2 is 1.62 bits per heavy atom. The van der Waals surface area contributed by atoms with E-state index in [1.54, 1.807) is 98.0 Å². The molecule has 0 aliphatic rings. The van der Waals surface area contributed by atoms with Crippen LogP contribution in [0.5, 0.6) is 5.75 Å². The summed E-state index contributed by atoms with van der Waals surface area (Å²) in [4.78, 5) is 41.5. The van der Waals surface area contributed by atoms with Crippen LogP contribution in [-0.4, -0.2) is 36.8 Å². The van der Waals surface area contributed by atoms with Crippen LogP contribution in [0.4, 0.5) is 17.1 Å². The SMILES string of the molecule is COc1cccc(NC(=O)C(C(=O)N(C)Cc2cccc(Cl)c2)c2ccc(C(=O)Nc3ccccc3N)cc2)c1. The van der Waals surface area contributed by atoms with E-state index in [0.717, 1.165) is 5.56 Å². The minimum atomic E-state index is -1.18. The number of para-hydroxylation sites is 2. The third-order valence-corrected chi connectivity index (χ3v) is 6.48. The molecule has 8 nitrogen and oxygen atoms in total. The highest BCUT2D eigenvalue weighted by atomic mass is 35.5. The molecule has 0 fully saturated rings. The van der Waals surface area contributed by atoms with Crippen LogP contribution >= 0.6 is 11.6 Å². The number of rotatable bonds is 9. The van der Waals surface area contributed by atoms with E-state index in [0.29, 0.717) is 39.0 Å². The molecule has 0 radical (unpaired) electrons. The van der Waals surface area contributed by atoms with Gasteiger partial charge in [-0.25, -0.2) is 0 Å². The molecule has 0 bridgehead atoms. The van der Waals surface area contributed by atoms with Crippen molar-refractivity contribution in [3.63, 3.8) is 0 Å². The highest BCUT2D eigenvalue weighted by Gasteiger charge is 2.31. The van der Waals surface area contributed by atoms with E-state index < -0.39 is 17.7 Å². The van der Waals surface area contributed by atoms with Crippen LogP contribution in [0.3, 0.4) is 0 Å². The molecule has 4 N–H and O–H groups in total. The molecule has 204 valence electrons. The van der Waals surface area contributed by atoms with Crippen LogP contribution in [0.25, 0.3) is 0 Å². The first kappa shape index (κ1) is 28.2. The third-order valence-electron chi connectivity index (χ3n) is 6.25. The Morgan fingerprint density at radius 3 is 2.33 bits per heavy atom. The zero-order valence-electron chi connectivity index (χ0n) is 22.1. The fourth-order valence-electron chi connectivity index (χ4n) is 4.16. The van der Waals surface area contributed by atoms with Crippen molar-refractivity contribution >= 4 is 46.4 Å². The second-order valence-corrected chi connectivity index (χ2v) is 9.58. The van der Waals surface area contributed by atoms with Gasteiger partial charge in [-0.3, -0.25) is 14.4 Å². The summed E-state index contributed by atoms with van der Waals surface area (Å²) in [5.74, 6) is -1.93. The number of hydrogen-bond donors (Lipinski definition) is 3. The van der Waals surface area contributed by atoms with Gasteiger partial charge in [0, 0.05) is 35.9 Å². The number of benzene rings is 4. The van der Waals surface area contributed by atoms with Gasteiger partial charge in [0.15, 0.2) is 0 Å². The number of amides is 3. The van der Waals surface area contributed by atoms with Crippen LogP contribution in [-0.2, 0) is 16.1 Å². The van der Waals surface area contributed by atoms with E-state index in [-0.39, 0.29) is 12.5 Å². The molecule has 1 atom stereocenters. The third kappa shape index (κ3) is 6.98. The van der Waals surface area contributed by atoms with E-state index in [9.17, 15) is 14.4 Å². The number of ether oxygens (including phenoxy) is 1. The summed E-state index contributed by atoms with van der Waals surface area (Å²) in [6.07, 6.45) is 0. The van der Waals surface area contributed by atoms with Gasteiger partial charge in [-0.1, -0.05) is 54.1 Å². The van der Waals surface area contributed by atoms with Crippen LogP contribution in [0.15, 0.2) is 97.1 Å². The smallest absolute Gasteiger partial charge is 0.255 e. The highest BCUT2D eigenvalue weighted by Crippen LogP contribution is 2.25. The van der Waals surface area contributed by atoms with Crippen LogP contribution in [0.1, 0.15) is 27.4 Å². The lowest BCUT2D eigenvalue weighted by atomic mass is 9.95. The molecule has 9 heteroatoms. The van der Waals surface area contributed by atoms with Crippen molar-refractivity contribution in [1.82, 2.24) is 4.90 Å². The summed E-state index contributed by atoms with van der Waals surface area (Å²) in [6.45, 7) is 0.251. The highest BCUT2D eigenvalue weighted by molar-refractivity contribution is 6.30. The number of carbonyl (C=O) groups excluding carboxylic acids is 3. The van der Waals surface area contributed by atoms with E-state index in [2.05, 4.69) is 10.6 Å². The Morgan fingerprint density at radius 1 is 0.900 bits per heavy atom. The van der Waals surface area contributed by atoms with Crippen molar-refractivity contribution in [2.45, 2.75) is 12.5 Å². The second kappa shape index (κ2) is 12.8. The van der Waals surface area contributed by atoms with E-state index in [4.69, 9.17) is 22.1 Å². The minimum absolute atomic E-state index is 0.251. The van der Waals surface area contributed by atoms with Crippen molar-refractivity contribution < 1.29 is 19.1 Å². The Hall–Kier alpha value is -4.82. The minimum Gasteiger partial charge on any atom is -0.497 e. The Kier molecular flexibility index (Phi) is 9.04. The standard InChI is InChI=1S/C31H29ClN4O4/c1-36(19-20-7-5-8-23(32)17-20)31(39)28(30(38)34-24-9-6-10-25(18-24)40-2)21-13-15-22(16-14-21)29(37)35-27-12-4-3-11-26(27)33/h3-18,28H,19,33H2,1-2H3,(H,34,38)(H,35,37). The van der Waals surface area contributed by atoms with E-state index in [1.165, 1.54) is 12.0 Å². The topological polar surface area (TPSA) is 114 Å². The molecule has 0 heterocycles. The number of halogens is 1. The lowest BCUT2D eigenvalue weighted by Gasteiger charge is -2.24. The average molecular weight is 557 g/mol. The number of nitrogens with one attached hydrogen (secondary N) is 2. The molecule has 4 aromatic rings. The normalized spacial score (nSPS) is 11.3. The number of nitrogen functional groups attached to an aromatic ring is 1. The molecule has 3 amide bonds. The number of hydrogen-bond acceptors (Lipinski definition) is 5. The number of nitrogens with zero attached hydrogens (tertiary/aromatic N) is 1. The Balaban J connectivity index is 1.59. The number of carbonyl (C=O) groups is 3. The summed E-state index contributed by atoms with van der Waals surface area (Å²) in [5, 5.41) is 6.15. The number of anilines is 3. The quantitative estimate of drug-likeness (QED) is 0.184. The molecule has 1 unspecified atom stereocenters. The lowest BCUT2D eigenvalue weighted by Crippen LogP contribution is -2.37. The molecule has 4 rings (SSSR count). The summed E-state index contributed by atoms with van der Waals surface area (Å²) in [6, 6.07) is 27.3. The van der Waals surface area contributed by atoms with Gasteiger partial charge in [0.1, 0.15) is 11.7 Å². The molecule has 0 aliphatic carbocycles. The molecule has 4 aromatic carbocycles. The molecular formula is C31H29ClN4O4. The Bertz CT molecular complexity index is 1520. The zero-order valence-corrected chi connectivity index (χ0v) is 22.8. The molecule has 0 aromatic heterocycles. The molecule has 0 aliphatic heterocycles. The predicted octanol–water partition coefficient (Wildman–Crippen LogP) is 5.56. The number of methoxy groups -OCH3 is 1. The van der Waals surface area contributed by atoms with Gasteiger partial charge < -0.3 is 26.0 Å². The van der Waals surface area contributed by atoms with Gasteiger partial charge in [0.25, 0.3) is 5.91 Å². The maximum absolute atomic E-state index is 13.7. The van der Waals surface area contributed by atoms with Gasteiger partial charge in [-0.15, -0.1) is 0 Å². The van der Waals surface area contributed by atoms with Gasteiger partial charge in [0.2, 0.25) is 11.8 Å². The second-order valence-electron chi connectivity index (χ2n) is 9.14. The largest absolute Gasteiger partial charge is 0.497 e. The molecular weight excluding hydrogens is 528 g/mol. The van der Waals surface area contributed by atoms with Crippen LogP contribution < -0.4 is 21.1 Å². The Labute approximate surface area is 237 Å². The average Bonchev–Trinajstić information content (AvgIpc) is 2.94. The lowest BCUT2D eigenvalue weighted by molar-refractivity contribution is -0.136. The molecule has 0 spiro atoms. The van der Waals surface area contributed by atoms with Crippen molar-refractivity contribution in [3.8, 4) is 5.75 Å². The summed E-state index contributed by atoms with van der Waals surface area (Å²) >= 11 is 6.11. The monoisotopic (exact) mass is 556 g/mol. The van der Waals surface area contributed by atoms with Gasteiger partial charge in [0.05, 0.1) is 18.5 Å². The van der Waals surface area contributed by atoms with Crippen molar-refractivity contribution in [2.24, 2.45) is 0 Å². The van der Waals surface area contributed by atoms with E-state index in [1.807, 2.05) is 6.07 Å². The summed E-state index contributed by atoms with van der Waals surface area (Å²) < 4.78 is 5.25. The maximum Gasteiger partial charge on any atom is 0.255 e. The maximum atomic E-state index is 13.7. The summed E-state index contributed by atoms with van der Waals surface area (Å²) in [7, 11) is 3.16. The molecule has 0 saturated heterocycles. The van der Waals surface area contributed by atoms with Crippen molar-refractivity contribution in [1.29, 1.82) is 0 Å². The van der Waals surface area contributed by atoms with Crippen molar-refractivity contribution in [2.75, 3.05) is 30.5 Å². The van der Waals surface area contributed by atoms with Gasteiger partial charge in [-0.2, -0.15) is 0 Å². The fourth-order valence-corrected chi connectivity index (χ4v) is 4.37. The fraction of sp³-hybridized carbons (Fsp3) is 0.129. The number of nitrogens with two attached hydrogens (primary N) is 1. The predicted molar refractivity (Wildman–Crippen MR) is 158 cm³/mol. The first-order valence-electron chi connectivity index (χ1n) is 12.5. The summed E-state index contributed by atoms with van der Waals surface area (Å²) in [5.41, 5.74) is 8.94.